The number of pyridine rings is 2. The first-order valence-electron chi connectivity index (χ1n) is 6.58. The number of nitrogens with zero attached hydrogens (tertiary/aromatic N) is 4. The lowest BCUT2D eigenvalue weighted by atomic mass is 10.2. The molecule has 7 heteroatoms. The van der Waals surface area contributed by atoms with Crippen LogP contribution in [0.2, 0.25) is 0 Å². The number of amides is 1. The highest BCUT2D eigenvalue weighted by Crippen LogP contribution is 2.16. The van der Waals surface area contributed by atoms with E-state index in [1.807, 2.05) is 0 Å². The molecule has 3 rings (SSSR count). The smallest absolute Gasteiger partial charge is 0.256 e. The molecule has 0 fully saturated rings. The third kappa shape index (κ3) is 2.64. The molecule has 0 aliphatic rings. The van der Waals surface area contributed by atoms with Crippen LogP contribution in [0.4, 0.5) is 5.69 Å². The van der Waals surface area contributed by atoms with Crippen LogP contribution >= 0.6 is 0 Å². The van der Waals surface area contributed by atoms with Crippen LogP contribution < -0.4 is 10.9 Å². The maximum Gasteiger partial charge on any atom is 0.256 e. The van der Waals surface area contributed by atoms with Crippen molar-refractivity contribution in [2.45, 2.75) is 0 Å². The summed E-state index contributed by atoms with van der Waals surface area (Å²) in [6.07, 6.45) is 6.53. The van der Waals surface area contributed by atoms with Crippen LogP contribution in [0.3, 0.4) is 0 Å². The van der Waals surface area contributed by atoms with Crippen LogP contribution in [0.25, 0.3) is 5.82 Å². The van der Waals surface area contributed by atoms with Crippen molar-refractivity contribution in [3.05, 3.63) is 71.0 Å². The van der Waals surface area contributed by atoms with E-state index in [2.05, 4.69) is 15.4 Å². The molecule has 3 aromatic heterocycles. The number of anilines is 1. The molecule has 1 amide bonds. The minimum Gasteiger partial charge on any atom is -0.319 e. The molecule has 0 aliphatic heterocycles. The summed E-state index contributed by atoms with van der Waals surface area (Å²) in [6.45, 7) is 0. The molecular formula is C15H13N5O2. The Bertz CT molecular complexity index is 868. The minimum absolute atomic E-state index is 0.244. The molecule has 0 spiro atoms. The highest BCUT2D eigenvalue weighted by molar-refractivity contribution is 6.04. The highest BCUT2D eigenvalue weighted by Gasteiger charge is 2.12. The molecule has 0 saturated carbocycles. The van der Waals surface area contributed by atoms with Gasteiger partial charge in [-0.05, 0) is 24.3 Å². The van der Waals surface area contributed by atoms with Gasteiger partial charge in [0.05, 0.1) is 5.69 Å². The number of hydrogen-bond acceptors (Lipinski definition) is 4. The Morgan fingerprint density at radius 1 is 1.18 bits per heavy atom. The maximum atomic E-state index is 12.3. The van der Waals surface area contributed by atoms with Crippen molar-refractivity contribution in [3.63, 3.8) is 0 Å². The van der Waals surface area contributed by atoms with Gasteiger partial charge in [-0.2, -0.15) is 5.10 Å². The SMILES string of the molecule is Cn1ccc(C(=O)Nc2cccnc2-n2cccn2)cc1=O. The Balaban J connectivity index is 1.92. The number of carbonyl (C=O) groups is 1. The van der Waals surface area contributed by atoms with E-state index in [1.54, 1.807) is 60.8 Å². The first-order chi connectivity index (χ1) is 10.6. The lowest BCUT2D eigenvalue weighted by Gasteiger charge is -2.10. The number of aromatic nitrogens is 4. The van der Waals surface area contributed by atoms with E-state index in [-0.39, 0.29) is 11.5 Å². The summed E-state index contributed by atoms with van der Waals surface area (Å²) < 4.78 is 2.95. The summed E-state index contributed by atoms with van der Waals surface area (Å²) in [6, 6.07) is 8.08. The van der Waals surface area contributed by atoms with E-state index in [1.165, 1.54) is 10.6 Å². The van der Waals surface area contributed by atoms with Crippen LogP contribution in [-0.4, -0.2) is 25.2 Å². The van der Waals surface area contributed by atoms with E-state index < -0.39 is 0 Å². The molecule has 110 valence electrons. The van der Waals surface area contributed by atoms with Crippen LogP contribution in [0.15, 0.2) is 59.9 Å². The van der Waals surface area contributed by atoms with Gasteiger partial charge in [0.15, 0.2) is 5.82 Å². The van der Waals surface area contributed by atoms with Gasteiger partial charge >= 0.3 is 0 Å². The van der Waals surface area contributed by atoms with Crippen molar-refractivity contribution in [1.82, 2.24) is 19.3 Å². The zero-order valence-electron chi connectivity index (χ0n) is 11.8. The van der Waals surface area contributed by atoms with Gasteiger partial charge < -0.3 is 9.88 Å². The Kier molecular flexibility index (Phi) is 3.53. The fourth-order valence-corrected chi connectivity index (χ4v) is 1.96. The lowest BCUT2D eigenvalue weighted by molar-refractivity contribution is 0.102. The summed E-state index contributed by atoms with van der Waals surface area (Å²) in [5.74, 6) is 0.129. The van der Waals surface area contributed by atoms with Gasteiger partial charge in [-0.25, -0.2) is 9.67 Å². The molecule has 1 N–H and O–H groups in total. The molecule has 0 atom stereocenters. The van der Waals surface area contributed by atoms with E-state index in [4.69, 9.17) is 0 Å². The predicted molar refractivity (Wildman–Crippen MR) is 81.0 cm³/mol. The maximum absolute atomic E-state index is 12.3. The number of rotatable bonds is 3. The summed E-state index contributed by atoms with van der Waals surface area (Å²) >= 11 is 0. The molecular weight excluding hydrogens is 282 g/mol. The van der Waals surface area contributed by atoms with Crippen molar-refractivity contribution in [1.29, 1.82) is 0 Å². The normalized spacial score (nSPS) is 10.4. The highest BCUT2D eigenvalue weighted by atomic mass is 16.2. The molecule has 3 heterocycles. The second-order valence-electron chi connectivity index (χ2n) is 4.64. The van der Waals surface area contributed by atoms with Gasteiger partial charge in [0.1, 0.15) is 0 Å². The largest absolute Gasteiger partial charge is 0.319 e. The molecule has 0 aromatic carbocycles. The second-order valence-corrected chi connectivity index (χ2v) is 4.64. The van der Waals surface area contributed by atoms with E-state index in [0.717, 1.165) is 0 Å². The van der Waals surface area contributed by atoms with E-state index >= 15 is 0 Å². The van der Waals surface area contributed by atoms with Gasteiger partial charge in [-0.1, -0.05) is 0 Å². The Morgan fingerprint density at radius 2 is 2.05 bits per heavy atom. The van der Waals surface area contributed by atoms with Crippen LogP contribution in [-0.2, 0) is 7.05 Å². The summed E-state index contributed by atoms with van der Waals surface area (Å²) in [7, 11) is 1.63. The van der Waals surface area contributed by atoms with Gasteiger partial charge in [0, 0.05) is 43.5 Å². The number of hydrogen-bond donors (Lipinski definition) is 1. The molecule has 0 aliphatic carbocycles. The lowest BCUT2D eigenvalue weighted by Crippen LogP contribution is -2.20. The van der Waals surface area contributed by atoms with E-state index in [9.17, 15) is 9.59 Å². The average molecular weight is 295 g/mol. The summed E-state index contributed by atoms with van der Waals surface area (Å²) in [5.41, 5.74) is 0.557. The van der Waals surface area contributed by atoms with E-state index in [0.29, 0.717) is 17.1 Å². The van der Waals surface area contributed by atoms with Crippen molar-refractivity contribution < 1.29 is 4.79 Å². The third-order valence-electron chi connectivity index (χ3n) is 3.12. The molecule has 0 saturated heterocycles. The monoisotopic (exact) mass is 295 g/mol. The first kappa shape index (κ1) is 13.7. The Morgan fingerprint density at radius 3 is 2.77 bits per heavy atom. The standard InChI is InChI=1S/C15H13N5O2/c1-19-9-5-11(10-13(19)21)15(22)18-12-4-2-6-16-14(12)20-8-3-7-17-20/h2-10H,1H3,(H,18,22). The van der Waals surface area contributed by atoms with Crippen LogP contribution in [0.1, 0.15) is 10.4 Å². The molecule has 0 unspecified atom stereocenters. The zero-order chi connectivity index (χ0) is 15.5. The van der Waals surface area contributed by atoms with Crippen LogP contribution in [0, 0.1) is 0 Å². The average Bonchev–Trinajstić information content (AvgIpc) is 3.04. The number of aryl methyl sites for hydroxylation is 1. The molecule has 7 nitrogen and oxygen atoms in total. The van der Waals surface area contributed by atoms with Crippen molar-refractivity contribution >= 4 is 11.6 Å². The van der Waals surface area contributed by atoms with Crippen LogP contribution in [0.5, 0.6) is 0 Å². The number of nitrogens with one attached hydrogen (secondary N) is 1. The molecule has 22 heavy (non-hydrogen) atoms. The molecule has 3 aromatic rings. The molecule has 0 bridgehead atoms. The topological polar surface area (TPSA) is 81.8 Å². The number of carbonyl (C=O) groups excluding carboxylic acids is 1. The Hall–Kier alpha value is -3.22. The van der Waals surface area contributed by atoms with Crippen molar-refractivity contribution in [3.8, 4) is 5.82 Å². The second kappa shape index (κ2) is 5.65. The van der Waals surface area contributed by atoms with Gasteiger partial charge in [0.2, 0.25) is 0 Å². The van der Waals surface area contributed by atoms with Gasteiger partial charge in [-0.3, -0.25) is 9.59 Å². The third-order valence-corrected chi connectivity index (χ3v) is 3.12. The molecule has 0 radical (unpaired) electrons. The minimum atomic E-state index is -0.376. The van der Waals surface area contributed by atoms with Gasteiger partial charge in [0.25, 0.3) is 11.5 Å². The van der Waals surface area contributed by atoms with Crippen molar-refractivity contribution in [2.24, 2.45) is 7.05 Å². The van der Waals surface area contributed by atoms with Crippen molar-refractivity contribution in [2.75, 3.05) is 5.32 Å². The summed E-state index contributed by atoms with van der Waals surface area (Å²) in [4.78, 5) is 28.1. The quantitative estimate of drug-likeness (QED) is 0.787. The summed E-state index contributed by atoms with van der Waals surface area (Å²) in [5, 5.41) is 6.85. The predicted octanol–water partition coefficient (Wildman–Crippen LogP) is 1.22. The fourth-order valence-electron chi connectivity index (χ4n) is 1.96. The zero-order valence-corrected chi connectivity index (χ0v) is 11.8. The first-order valence-corrected chi connectivity index (χ1v) is 6.58. The fraction of sp³-hybridized carbons (Fsp3) is 0.0667. The van der Waals surface area contributed by atoms with Gasteiger partial charge in [-0.15, -0.1) is 0 Å². The Labute approximate surface area is 125 Å².